The van der Waals surface area contributed by atoms with Gasteiger partial charge >= 0.3 is 0 Å². The lowest BCUT2D eigenvalue weighted by Gasteiger charge is -2.42. The topological polar surface area (TPSA) is 47.7 Å². The van der Waals surface area contributed by atoms with Gasteiger partial charge in [-0.1, -0.05) is 24.3 Å². The molecule has 1 saturated heterocycles. The van der Waals surface area contributed by atoms with Crippen LogP contribution in [0, 0.1) is 6.92 Å². The van der Waals surface area contributed by atoms with E-state index in [1.807, 2.05) is 18.3 Å². The molecule has 3 rings (SSSR count). The first-order chi connectivity index (χ1) is 11.5. The van der Waals surface area contributed by atoms with Crippen LogP contribution in [0.1, 0.15) is 25.3 Å². The van der Waals surface area contributed by atoms with E-state index in [-0.39, 0.29) is 11.7 Å². The molecule has 5 nitrogen and oxygen atoms in total. The molecule has 1 aliphatic rings. The Balaban J connectivity index is 1.71. The minimum atomic E-state index is -0.202. The lowest BCUT2D eigenvalue weighted by Crippen LogP contribution is -2.53. The highest BCUT2D eigenvalue weighted by Crippen LogP contribution is 2.26. The van der Waals surface area contributed by atoms with Crippen molar-refractivity contribution >= 4 is 0 Å². The van der Waals surface area contributed by atoms with Crippen LogP contribution in [0.5, 0.6) is 0 Å². The number of aromatic nitrogens is 1. The first kappa shape index (κ1) is 17.1. The number of hydrogen-bond acceptors (Lipinski definition) is 5. The number of nitrogens with zero attached hydrogens (tertiary/aromatic N) is 2. The highest BCUT2D eigenvalue weighted by atomic mass is 16.5. The summed E-state index contributed by atoms with van der Waals surface area (Å²) < 4.78 is 17.3. The van der Waals surface area contributed by atoms with Gasteiger partial charge in [0.05, 0.1) is 31.1 Å². The van der Waals surface area contributed by atoms with Crippen LogP contribution in [-0.2, 0) is 16.0 Å². The van der Waals surface area contributed by atoms with Crippen LogP contribution in [0.3, 0.4) is 0 Å². The molecule has 0 amide bonds. The summed E-state index contributed by atoms with van der Waals surface area (Å²) in [7, 11) is 1.71. The lowest BCUT2D eigenvalue weighted by molar-refractivity contribution is -0.155. The molecule has 1 atom stereocenters. The number of rotatable bonds is 5. The van der Waals surface area contributed by atoms with Crippen LogP contribution < -0.4 is 0 Å². The van der Waals surface area contributed by atoms with Gasteiger partial charge in [-0.05, 0) is 26.3 Å². The second-order valence-electron chi connectivity index (χ2n) is 7.06. The largest absolute Gasteiger partial charge is 0.439 e. The molecule has 2 aromatic rings. The summed E-state index contributed by atoms with van der Waals surface area (Å²) in [6.07, 6.45) is 1.89. The van der Waals surface area contributed by atoms with Crippen LogP contribution in [0.15, 0.2) is 34.9 Å². The van der Waals surface area contributed by atoms with Crippen LogP contribution in [0.2, 0.25) is 0 Å². The first-order valence-corrected chi connectivity index (χ1v) is 8.37. The Labute approximate surface area is 143 Å². The molecule has 24 heavy (non-hydrogen) atoms. The number of ether oxygens (including phenoxy) is 2. The van der Waals surface area contributed by atoms with Crippen LogP contribution >= 0.6 is 0 Å². The minimum absolute atomic E-state index is 0.0737. The quantitative estimate of drug-likeness (QED) is 0.842. The number of hydrogen-bond donors (Lipinski definition) is 0. The summed E-state index contributed by atoms with van der Waals surface area (Å²) in [6.45, 7) is 9.23. The summed E-state index contributed by atoms with van der Waals surface area (Å²) in [4.78, 5) is 6.79. The Morgan fingerprint density at radius 2 is 2.12 bits per heavy atom. The number of methoxy groups -OCH3 is 1. The van der Waals surface area contributed by atoms with Crippen LogP contribution in [-0.4, -0.2) is 48.4 Å². The third-order valence-electron chi connectivity index (χ3n) is 4.23. The molecule has 0 aliphatic carbocycles. The summed E-state index contributed by atoms with van der Waals surface area (Å²) in [5, 5.41) is 0. The molecule has 0 unspecified atom stereocenters. The van der Waals surface area contributed by atoms with E-state index in [1.54, 1.807) is 7.11 Å². The second kappa shape index (κ2) is 7.05. The zero-order valence-corrected chi connectivity index (χ0v) is 14.9. The number of benzene rings is 1. The molecule has 130 valence electrons. The number of morpholine rings is 1. The summed E-state index contributed by atoms with van der Waals surface area (Å²) in [5.74, 6) is 1.56. The van der Waals surface area contributed by atoms with Crippen LogP contribution in [0.25, 0.3) is 11.3 Å². The van der Waals surface area contributed by atoms with Crippen molar-refractivity contribution in [1.82, 2.24) is 9.88 Å². The van der Waals surface area contributed by atoms with Crippen molar-refractivity contribution < 1.29 is 13.9 Å². The predicted molar refractivity (Wildman–Crippen MR) is 92.8 cm³/mol. The van der Waals surface area contributed by atoms with Gasteiger partial charge in [0.25, 0.3) is 0 Å². The molecule has 5 heteroatoms. The Hall–Kier alpha value is -1.69. The van der Waals surface area contributed by atoms with E-state index in [0.29, 0.717) is 13.2 Å². The van der Waals surface area contributed by atoms with Crippen molar-refractivity contribution in [2.24, 2.45) is 0 Å². The van der Waals surface area contributed by atoms with Gasteiger partial charge < -0.3 is 13.9 Å². The Bertz CT molecular complexity index is 681. The first-order valence-electron chi connectivity index (χ1n) is 8.37. The maximum Gasteiger partial charge on any atom is 0.209 e. The summed E-state index contributed by atoms with van der Waals surface area (Å²) in [6, 6.07) is 8.19. The van der Waals surface area contributed by atoms with Gasteiger partial charge in [0.2, 0.25) is 5.89 Å². The zero-order chi connectivity index (χ0) is 17.2. The maximum atomic E-state index is 6.05. The second-order valence-corrected chi connectivity index (χ2v) is 7.06. The van der Waals surface area contributed by atoms with Crippen molar-refractivity contribution in [3.8, 4) is 11.3 Å². The van der Waals surface area contributed by atoms with Crippen molar-refractivity contribution in [2.45, 2.75) is 39.0 Å². The van der Waals surface area contributed by atoms with E-state index in [4.69, 9.17) is 13.9 Å². The monoisotopic (exact) mass is 330 g/mol. The van der Waals surface area contributed by atoms with Crippen molar-refractivity contribution in [3.63, 3.8) is 0 Å². The summed E-state index contributed by atoms with van der Waals surface area (Å²) in [5.41, 5.74) is 2.08. The molecule has 1 aliphatic heterocycles. The molecule has 0 spiro atoms. The van der Waals surface area contributed by atoms with E-state index in [9.17, 15) is 0 Å². The third kappa shape index (κ3) is 4.04. The standard InChI is InChI=1S/C19H26N2O3/c1-14-7-5-6-8-16(14)17-9-20-18(23-17)11-21-10-15(12-22-4)24-19(2,3)13-21/h5-9,15H,10-13H2,1-4H3/t15-/m0/s1. The minimum Gasteiger partial charge on any atom is -0.439 e. The molecular formula is C19H26N2O3. The van der Waals surface area contributed by atoms with Gasteiger partial charge in [-0.15, -0.1) is 0 Å². The fourth-order valence-electron chi connectivity index (χ4n) is 3.36. The number of oxazole rings is 1. The molecule has 0 N–H and O–H groups in total. The molecule has 0 saturated carbocycles. The molecule has 1 fully saturated rings. The lowest BCUT2D eigenvalue weighted by atomic mass is 10.1. The highest BCUT2D eigenvalue weighted by Gasteiger charge is 2.33. The summed E-state index contributed by atoms with van der Waals surface area (Å²) >= 11 is 0. The molecule has 0 bridgehead atoms. The average Bonchev–Trinajstić information content (AvgIpc) is 2.94. The molecule has 0 radical (unpaired) electrons. The van der Waals surface area contributed by atoms with Crippen molar-refractivity contribution in [1.29, 1.82) is 0 Å². The zero-order valence-electron chi connectivity index (χ0n) is 14.9. The van der Waals surface area contributed by atoms with E-state index in [1.165, 1.54) is 5.56 Å². The van der Waals surface area contributed by atoms with E-state index >= 15 is 0 Å². The van der Waals surface area contributed by atoms with Crippen molar-refractivity contribution in [2.75, 3.05) is 26.8 Å². The molecule has 1 aromatic heterocycles. The van der Waals surface area contributed by atoms with Crippen LogP contribution in [0.4, 0.5) is 0 Å². The van der Waals surface area contributed by atoms with Gasteiger partial charge in [-0.3, -0.25) is 4.90 Å². The van der Waals surface area contributed by atoms with Gasteiger partial charge in [0, 0.05) is 25.8 Å². The van der Waals surface area contributed by atoms with Gasteiger partial charge in [-0.2, -0.15) is 0 Å². The van der Waals surface area contributed by atoms with E-state index in [2.05, 4.69) is 42.8 Å². The predicted octanol–water partition coefficient (Wildman–Crippen LogP) is 3.28. The SMILES string of the molecule is COC[C@@H]1CN(Cc2ncc(-c3ccccc3C)o2)CC(C)(C)O1. The Morgan fingerprint density at radius 1 is 1.33 bits per heavy atom. The Kier molecular flexibility index (Phi) is 5.04. The highest BCUT2D eigenvalue weighted by molar-refractivity contribution is 5.60. The smallest absolute Gasteiger partial charge is 0.209 e. The van der Waals surface area contributed by atoms with Gasteiger partial charge in [0.1, 0.15) is 0 Å². The fourth-order valence-corrected chi connectivity index (χ4v) is 3.36. The van der Waals surface area contributed by atoms with Gasteiger partial charge in [-0.25, -0.2) is 4.98 Å². The average molecular weight is 330 g/mol. The van der Waals surface area contributed by atoms with E-state index < -0.39 is 0 Å². The third-order valence-corrected chi connectivity index (χ3v) is 4.23. The van der Waals surface area contributed by atoms with Crippen molar-refractivity contribution in [3.05, 3.63) is 41.9 Å². The molecular weight excluding hydrogens is 304 g/mol. The van der Waals surface area contributed by atoms with Gasteiger partial charge in [0.15, 0.2) is 5.76 Å². The maximum absolute atomic E-state index is 6.05. The fraction of sp³-hybridized carbons (Fsp3) is 0.526. The number of aryl methyl sites for hydroxylation is 1. The molecule has 2 heterocycles. The normalized spacial score (nSPS) is 21.1. The van der Waals surface area contributed by atoms with E-state index in [0.717, 1.165) is 30.3 Å². The Morgan fingerprint density at radius 3 is 2.88 bits per heavy atom. The molecule has 1 aromatic carbocycles.